The van der Waals surface area contributed by atoms with Crippen molar-refractivity contribution in [3.63, 3.8) is 0 Å². The van der Waals surface area contributed by atoms with Gasteiger partial charge in [-0.3, -0.25) is 19.2 Å². The van der Waals surface area contributed by atoms with Gasteiger partial charge in [0.2, 0.25) is 17.7 Å². The number of nitrogens with two attached hydrogens (primary N) is 2. The van der Waals surface area contributed by atoms with Crippen LogP contribution in [0.4, 0.5) is 0 Å². The number of aliphatic hydroxyl groups excluding tert-OH is 1. The number of amides is 4. The lowest BCUT2D eigenvalue weighted by Gasteiger charge is -2.26. The maximum atomic E-state index is 13.0. The van der Waals surface area contributed by atoms with Crippen molar-refractivity contribution in [2.24, 2.45) is 28.3 Å². The minimum atomic E-state index is -1.15. The van der Waals surface area contributed by atoms with Crippen LogP contribution in [0.3, 0.4) is 0 Å². The third-order valence-corrected chi connectivity index (χ3v) is 7.31. The largest absolute Gasteiger partial charge is 0.397 e. The molecule has 0 spiro atoms. The number of hydrogen-bond acceptors (Lipinski definition) is 6. The molecule has 11 heteroatoms. The summed E-state index contributed by atoms with van der Waals surface area (Å²) in [7, 11) is -1.15. The van der Waals surface area contributed by atoms with Crippen LogP contribution in [0.5, 0.6) is 0 Å². The van der Waals surface area contributed by atoms with E-state index in [-0.39, 0.29) is 24.3 Å². The first-order valence-electron chi connectivity index (χ1n) is 10.6. The molecule has 1 unspecified atom stereocenters. The molecule has 0 aromatic heterocycles. The van der Waals surface area contributed by atoms with Crippen molar-refractivity contribution >= 4 is 39.4 Å². The Balaban J connectivity index is 1.97. The maximum absolute atomic E-state index is 13.0. The topological polar surface area (TPSA) is 159 Å². The fourth-order valence-electron chi connectivity index (χ4n) is 4.02. The minimum Gasteiger partial charge on any atom is -0.397 e. The highest BCUT2D eigenvalue weighted by atomic mass is 28.2. The Bertz CT molecular complexity index is 701. The fourth-order valence-corrected chi connectivity index (χ4v) is 5.21. The van der Waals surface area contributed by atoms with E-state index in [4.69, 9.17) is 11.5 Å². The second-order valence-electron chi connectivity index (χ2n) is 8.18. The zero-order chi connectivity index (χ0) is 22.4. The van der Waals surface area contributed by atoms with E-state index in [1.807, 2.05) is 0 Å². The number of hydrogen-bond donors (Lipinski definition) is 3. The number of carbonyl (C=O) groups excluding carboxylic acids is 4. The van der Waals surface area contributed by atoms with Crippen LogP contribution in [0.2, 0.25) is 0 Å². The van der Waals surface area contributed by atoms with Gasteiger partial charge < -0.3 is 26.4 Å². The molecule has 2 saturated heterocycles. The van der Waals surface area contributed by atoms with E-state index >= 15 is 0 Å². The van der Waals surface area contributed by atoms with Crippen molar-refractivity contribution in [1.29, 1.82) is 0 Å². The molecule has 5 N–H and O–H groups in total. The predicted molar refractivity (Wildman–Crippen MR) is 114 cm³/mol. The summed E-state index contributed by atoms with van der Waals surface area (Å²) in [6.07, 6.45) is 3.47. The summed E-state index contributed by atoms with van der Waals surface area (Å²) in [5.41, 5.74) is 9.99. The number of likely N-dealkylation sites (tertiary alicyclic amines) is 2. The Kier molecular flexibility index (Phi) is 8.68. The Morgan fingerprint density at radius 2 is 1.97 bits per heavy atom. The number of nitrogens with zero attached hydrogens (tertiary/aromatic N) is 3. The molecule has 10 nitrogen and oxygen atoms in total. The summed E-state index contributed by atoms with van der Waals surface area (Å²) in [4.78, 5) is 56.4. The van der Waals surface area contributed by atoms with Gasteiger partial charge in [-0.25, -0.2) is 4.99 Å². The molecule has 30 heavy (non-hydrogen) atoms. The van der Waals surface area contributed by atoms with Crippen LogP contribution in [0, 0.1) is 11.8 Å². The number of rotatable bonds is 8. The van der Waals surface area contributed by atoms with E-state index in [1.54, 1.807) is 23.6 Å². The normalized spacial score (nSPS) is 25.2. The van der Waals surface area contributed by atoms with Gasteiger partial charge in [0.15, 0.2) is 0 Å². The van der Waals surface area contributed by atoms with Crippen LogP contribution < -0.4 is 11.5 Å². The zero-order valence-corrected chi connectivity index (χ0v) is 19.1. The van der Waals surface area contributed by atoms with E-state index in [1.165, 1.54) is 6.21 Å². The highest BCUT2D eigenvalue weighted by Crippen LogP contribution is 2.26. The van der Waals surface area contributed by atoms with Gasteiger partial charge in [0, 0.05) is 31.6 Å². The average molecular weight is 440 g/mol. The maximum Gasteiger partial charge on any atom is 0.268 e. The van der Waals surface area contributed by atoms with Crippen LogP contribution in [-0.2, 0) is 19.2 Å². The van der Waals surface area contributed by atoms with Crippen LogP contribution in [0.1, 0.15) is 39.5 Å². The lowest BCUT2D eigenvalue weighted by molar-refractivity contribution is -0.140. The lowest BCUT2D eigenvalue weighted by Crippen LogP contribution is -2.49. The molecule has 0 aliphatic carbocycles. The van der Waals surface area contributed by atoms with E-state index in [9.17, 15) is 24.3 Å². The molecule has 0 aromatic rings. The molecule has 2 fully saturated rings. The summed E-state index contributed by atoms with van der Waals surface area (Å²) in [5, 5.41) is 9.48. The second-order valence-corrected chi connectivity index (χ2v) is 10.7. The van der Waals surface area contributed by atoms with E-state index in [0.29, 0.717) is 38.8 Å². The predicted octanol–water partition coefficient (Wildman–Crippen LogP) is -2.27. The minimum absolute atomic E-state index is 0.153. The zero-order valence-electron chi connectivity index (χ0n) is 17.7. The van der Waals surface area contributed by atoms with Gasteiger partial charge in [0.25, 0.3) is 5.91 Å². The number of carbonyl (C=O) groups is 4. The molecular formula is C19H33N5O5Si. The number of primary amides is 1. The van der Waals surface area contributed by atoms with Gasteiger partial charge in [0.05, 0.1) is 27.0 Å². The van der Waals surface area contributed by atoms with Crippen molar-refractivity contribution < 1.29 is 24.3 Å². The molecule has 0 aromatic carbocycles. The van der Waals surface area contributed by atoms with Gasteiger partial charge in [-0.05, 0) is 32.6 Å². The van der Waals surface area contributed by atoms with Crippen molar-refractivity contribution in [3.8, 4) is 0 Å². The molecule has 2 heterocycles. The fraction of sp³-hybridized carbons (Fsp3) is 0.737. The molecule has 2 aliphatic rings. The van der Waals surface area contributed by atoms with Gasteiger partial charge in [-0.15, -0.1) is 0 Å². The second kappa shape index (κ2) is 10.8. The summed E-state index contributed by atoms with van der Waals surface area (Å²) in [6.45, 7) is 4.60. The van der Waals surface area contributed by atoms with Gasteiger partial charge in [-0.2, -0.15) is 0 Å². The summed E-state index contributed by atoms with van der Waals surface area (Å²) < 4.78 is 0. The third kappa shape index (κ3) is 5.96. The molecular weight excluding hydrogens is 406 g/mol. The lowest BCUT2D eigenvalue weighted by atomic mass is 10.1. The molecule has 2 rings (SSSR count). The van der Waals surface area contributed by atoms with Gasteiger partial charge in [-0.1, -0.05) is 6.92 Å². The highest BCUT2D eigenvalue weighted by molar-refractivity contribution is 6.45. The molecule has 0 radical (unpaired) electrons. The Morgan fingerprint density at radius 3 is 2.57 bits per heavy atom. The first kappa shape index (κ1) is 24.2. The molecule has 168 valence electrons. The molecule has 4 amide bonds. The first-order chi connectivity index (χ1) is 14.1. The van der Waals surface area contributed by atoms with Crippen LogP contribution >= 0.6 is 0 Å². The monoisotopic (exact) mass is 439 g/mol. The smallest absolute Gasteiger partial charge is 0.268 e. The van der Waals surface area contributed by atoms with Crippen molar-refractivity contribution in [2.75, 3.05) is 19.6 Å². The SMILES string of the molecule is CCC(C=NC(=O)[C@@H]1CCCN1C(=O)[C@H]1CCN(C(=O)[C@@H](N)[SiH2][C@@H](C)O)C1)C(N)=O. The van der Waals surface area contributed by atoms with Crippen molar-refractivity contribution in [2.45, 2.75) is 57.0 Å². The van der Waals surface area contributed by atoms with Gasteiger partial charge in [0.1, 0.15) is 6.04 Å². The average Bonchev–Trinajstić information content (AvgIpc) is 3.36. The number of aliphatic hydroxyl groups is 1. The molecule has 2 aliphatic heterocycles. The summed E-state index contributed by atoms with van der Waals surface area (Å²) >= 11 is 0. The first-order valence-corrected chi connectivity index (χ1v) is 12.2. The standard InChI is InChI=1S/C19H33N5O5Si/c1-3-12(15(20)26)9-22-17(27)14-5-4-7-24(14)18(28)13-6-8-23(10-13)19(29)16(21)30-11(2)25/h9,11-14,16,25H,3-8,10,21,30H2,1-2H3,(H2,20,26)/t11-,12?,13-,14-,16-/m0/s1. The Morgan fingerprint density at radius 1 is 1.27 bits per heavy atom. The third-order valence-electron chi connectivity index (χ3n) is 5.77. The van der Waals surface area contributed by atoms with Crippen molar-refractivity contribution in [1.82, 2.24) is 9.80 Å². The molecule has 5 atom stereocenters. The highest BCUT2D eigenvalue weighted by Gasteiger charge is 2.40. The molecule has 0 bridgehead atoms. The Hall–Kier alpha value is -2.11. The van der Waals surface area contributed by atoms with E-state index in [2.05, 4.69) is 4.99 Å². The van der Waals surface area contributed by atoms with E-state index < -0.39 is 44.7 Å². The Labute approximate surface area is 178 Å². The van der Waals surface area contributed by atoms with Crippen LogP contribution in [-0.4, -0.2) is 91.3 Å². The van der Waals surface area contributed by atoms with Crippen LogP contribution in [0.25, 0.3) is 0 Å². The summed E-state index contributed by atoms with van der Waals surface area (Å²) in [6, 6.07) is -0.645. The quantitative estimate of drug-likeness (QED) is 0.285. The van der Waals surface area contributed by atoms with Gasteiger partial charge >= 0.3 is 0 Å². The molecule has 0 saturated carbocycles. The van der Waals surface area contributed by atoms with Crippen LogP contribution in [0.15, 0.2) is 4.99 Å². The van der Waals surface area contributed by atoms with Crippen molar-refractivity contribution in [3.05, 3.63) is 0 Å². The van der Waals surface area contributed by atoms with E-state index in [0.717, 1.165) is 0 Å². The summed E-state index contributed by atoms with van der Waals surface area (Å²) in [5.74, 6) is -2.34. The number of aliphatic imine (C=N–C) groups is 1.